The molecule has 1 aromatic carbocycles. The fraction of sp³-hybridized carbons (Fsp3) is 0.364. The molecule has 0 bridgehead atoms. The minimum Gasteiger partial charge on any atom is -0.397 e. The van der Waals surface area contributed by atoms with Crippen molar-refractivity contribution in [3.8, 4) is 6.07 Å². The molecule has 2 N–H and O–H groups in total. The first-order valence-electron chi connectivity index (χ1n) is 4.78. The third kappa shape index (κ3) is 3.45. The first-order chi connectivity index (χ1) is 7.15. The van der Waals surface area contributed by atoms with Gasteiger partial charge in [-0.25, -0.2) is 0 Å². The summed E-state index contributed by atoms with van der Waals surface area (Å²) >= 11 is 3.37. The average Bonchev–Trinajstić information content (AvgIpc) is 2.17. The molecule has 0 atom stereocenters. The average molecular weight is 268 g/mol. The Morgan fingerprint density at radius 2 is 2.27 bits per heavy atom. The molecule has 0 aliphatic heterocycles. The van der Waals surface area contributed by atoms with Crippen molar-refractivity contribution in [2.75, 3.05) is 24.2 Å². The normalized spacial score (nSPS) is 9.67. The molecule has 3 nitrogen and oxygen atoms in total. The van der Waals surface area contributed by atoms with E-state index in [2.05, 4.69) is 26.9 Å². The van der Waals surface area contributed by atoms with Crippen LogP contribution < -0.4 is 10.6 Å². The van der Waals surface area contributed by atoms with Crippen molar-refractivity contribution in [2.45, 2.75) is 12.8 Å². The van der Waals surface area contributed by atoms with Gasteiger partial charge in [-0.1, -0.05) is 15.9 Å². The highest BCUT2D eigenvalue weighted by atomic mass is 79.9. The molecule has 0 fully saturated rings. The molecule has 0 heterocycles. The number of unbranched alkanes of at least 4 members (excludes halogenated alkanes) is 1. The van der Waals surface area contributed by atoms with Crippen molar-refractivity contribution in [1.29, 1.82) is 5.26 Å². The number of hydrogen-bond donors (Lipinski definition) is 1. The second kappa shape index (κ2) is 5.62. The molecule has 0 spiro atoms. The summed E-state index contributed by atoms with van der Waals surface area (Å²) < 4.78 is 0.981. The molecular weight excluding hydrogens is 254 g/mol. The molecule has 0 aliphatic rings. The third-order valence-electron chi connectivity index (χ3n) is 2.18. The van der Waals surface area contributed by atoms with Crippen molar-refractivity contribution in [3.05, 3.63) is 22.7 Å². The summed E-state index contributed by atoms with van der Waals surface area (Å²) in [7, 11) is 1.98. The van der Waals surface area contributed by atoms with Crippen LogP contribution in [0.5, 0.6) is 0 Å². The van der Waals surface area contributed by atoms with Gasteiger partial charge in [-0.3, -0.25) is 0 Å². The van der Waals surface area contributed by atoms with Crippen molar-refractivity contribution >= 4 is 27.3 Å². The summed E-state index contributed by atoms with van der Waals surface area (Å²) in [4.78, 5) is 2.07. The van der Waals surface area contributed by atoms with Crippen molar-refractivity contribution in [3.63, 3.8) is 0 Å². The lowest BCUT2D eigenvalue weighted by molar-refractivity contribution is 0.807. The van der Waals surface area contributed by atoms with Crippen LogP contribution in [0.4, 0.5) is 11.4 Å². The molecule has 1 aromatic rings. The van der Waals surface area contributed by atoms with E-state index in [1.807, 2.05) is 25.2 Å². The maximum absolute atomic E-state index is 8.44. The molecule has 1 rings (SSSR count). The molecule has 0 amide bonds. The number of benzene rings is 1. The standard InChI is InChI=1S/C11H14BrN3/c1-15(7-3-2-6-13)11-5-4-9(12)8-10(11)14/h4-5,8H,2-3,7,14H2,1H3. The second-order valence-corrected chi connectivity index (χ2v) is 4.30. The van der Waals surface area contributed by atoms with E-state index in [-0.39, 0.29) is 0 Å². The van der Waals surface area contributed by atoms with Crippen LogP contribution in [0.25, 0.3) is 0 Å². The minimum absolute atomic E-state index is 0.584. The quantitative estimate of drug-likeness (QED) is 0.674. The lowest BCUT2D eigenvalue weighted by atomic mass is 10.2. The summed E-state index contributed by atoms with van der Waals surface area (Å²) in [5.74, 6) is 0. The second-order valence-electron chi connectivity index (χ2n) is 3.39. The van der Waals surface area contributed by atoms with Crippen LogP contribution in [0.1, 0.15) is 12.8 Å². The molecule has 0 unspecified atom stereocenters. The van der Waals surface area contributed by atoms with Gasteiger partial charge in [0, 0.05) is 24.5 Å². The van der Waals surface area contributed by atoms with E-state index in [1.165, 1.54) is 0 Å². The fourth-order valence-electron chi connectivity index (χ4n) is 1.39. The van der Waals surface area contributed by atoms with Crippen LogP contribution in [0.15, 0.2) is 22.7 Å². The number of anilines is 2. The Balaban J connectivity index is 2.66. The van der Waals surface area contributed by atoms with Gasteiger partial charge in [-0.15, -0.1) is 0 Å². The highest BCUT2D eigenvalue weighted by molar-refractivity contribution is 9.10. The maximum Gasteiger partial charge on any atom is 0.0622 e. The number of hydrogen-bond acceptors (Lipinski definition) is 3. The minimum atomic E-state index is 0.584. The Labute approximate surface area is 98.6 Å². The highest BCUT2D eigenvalue weighted by Gasteiger charge is 2.04. The maximum atomic E-state index is 8.44. The van der Waals surface area contributed by atoms with Crippen LogP contribution in [-0.4, -0.2) is 13.6 Å². The Morgan fingerprint density at radius 1 is 1.53 bits per heavy atom. The molecule has 80 valence electrons. The van der Waals surface area contributed by atoms with Gasteiger partial charge >= 0.3 is 0 Å². The zero-order valence-corrected chi connectivity index (χ0v) is 10.3. The largest absolute Gasteiger partial charge is 0.397 e. The third-order valence-corrected chi connectivity index (χ3v) is 2.68. The Kier molecular flexibility index (Phi) is 4.44. The van der Waals surface area contributed by atoms with E-state index >= 15 is 0 Å². The summed E-state index contributed by atoms with van der Waals surface area (Å²) in [5, 5.41) is 8.44. The van der Waals surface area contributed by atoms with Gasteiger partial charge < -0.3 is 10.6 Å². The molecule has 15 heavy (non-hydrogen) atoms. The summed E-state index contributed by atoms with van der Waals surface area (Å²) in [5.41, 5.74) is 7.65. The van der Waals surface area contributed by atoms with Gasteiger partial charge in [0.25, 0.3) is 0 Å². The van der Waals surface area contributed by atoms with Crippen molar-refractivity contribution in [1.82, 2.24) is 0 Å². The number of nitrogens with zero attached hydrogens (tertiary/aromatic N) is 2. The van der Waals surface area contributed by atoms with Crippen molar-refractivity contribution < 1.29 is 0 Å². The molecule has 0 saturated carbocycles. The first-order valence-corrected chi connectivity index (χ1v) is 5.57. The van der Waals surface area contributed by atoms with Gasteiger partial charge in [0.2, 0.25) is 0 Å². The monoisotopic (exact) mass is 267 g/mol. The van der Waals surface area contributed by atoms with E-state index in [0.29, 0.717) is 6.42 Å². The molecule has 0 aliphatic carbocycles. The number of halogens is 1. The predicted octanol–water partition coefficient (Wildman–Crippen LogP) is 2.77. The molecule has 0 radical (unpaired) electrons. The fourth-order valence-corrected chi connectivity index (χ4v) is 1.77. The molecule has 0 aromatic heterocycles. The van der Waals surface area contributed by atoms with Crippen LogP contribution >= 0.6 is 15.9 Å². The molecular formula is C11H14BrN3. The number of nitriles is 1. The van der Waals surface area contributed by atoms with Crippen LogP contribution in [-0.2, 0) is 0 Å². The van der Waals surface area contributed by atoms with Gasteiger partial charge in [-0.2, -0.15) is 5.26 Å². The SMILES string of the molecule is CN(CCCC#N)c1ccc(Br)cc1N. The van der Waals surface area contributed by atoms with Crippen LogP contribution in [0.3, 0.4) is 0 Å². The lowest BCUT2D eigenvalue weighted by Gasteiger charge is -2.20. The van der Waals surface area contributed by atoms with E-state index in [1.54, 1.807) is 0 Å². The summed E-state index contributed by atoms with van der Waals surface area (Å²) in [6.07, 6.45) is 1.45. The number of nitrogens with two attached hydrogens (primary N) is 1. The van der Waals surface area contributed by atoms with E-state index in [0.717, 1.165) is 28.8 Å². The van der Waals surface area contributed by atoms with Gasteiger partial charge in [-0.05, 0) is 24.6 Å². The number of rotatable bonds is 4. The van der Waals surface area contributed by atoms with Crippen LogP contribution in [0, 0.1) is 11.3 Å². The molecule has 0 saturated heterocycles. The topological polar surface area (TPSA) is 53.0 Å². The van der Waals surface area contributed by atoms with Crippen LogP contribution in [0.2, 0.25) is 0 Å². The van der Waals surface area contributed by atoms with Gasteiger partial charge in [0.05, 0.1) is 17.4 Å². The lowest BCUT2D eigenvalue weighted by Crippen LogP contribution is -2.19. The smallest absolute Gasteiger partial charge is 0.0622 e. The van der Waals surface area contributed by atoms with E-state index < -0.39 is 0 Å². The van der Waals surface area contributed by atoms with Crippen molar-refractivity contribution in [2.24, 2.45) is 0 Å². The number of nitrogen functional groups attached to an aromatic ring is 1. The zero-order chi connectivity index (χ0) is 11.3. The van der Waals surface area contributed by atoms with Gasteiger partial charge in [0.15, 0.2) is 0 Å². The Morgan fingerprint density at radius 3 is 2.87 bits per heavy atom. The Hall–Kier alpha value is -1.21. The van der Waals surface area contributed by atoms with E-state index in [4.69, 9.17) is 11.0 Å². The Bertz CT molecular complexity index is 371. The summed E-state index contributed by atoms with van der Waals surface area (Å²) in [6.45, 7) is 0.847. The predicted molar refractivity (Wildman–Crippen MR) is 66.7 cm³/mol. The highest BCUT2D eigenvalue weighted by Crippen LogP contribution is 2.25. The summed E-state index contributed by atoms with van der Waals surface area (Å²) in [6, 6.07) is 7.96. The first kappa shape index (κ1) is 11.9. The van der Waals surface area contributed by atoms with Gasteiger partial charge in [0.1, 0.15) is 0 Å². The van der Waals surface area contributed by atoms with E-state index in [9.17, 15) is 0 Å². The zero-order valence-electron chi connectivity index (χ0n) is 8.70. The molecule has 4 heteroatoms.